The highest BCUT2D eigenvalue weighted by molar-refractivity contribution is 5.94. The number of amides is 1. The zero-order valence-corrected chi connectivity index (χ0v) is 18.6. The van der Waals surface area contributed by atoms with Gasteiger partial charge in [-0.05, 0) is 63.4 Å². The molecule has 1 amide bonds. The van der Waals surface area contributed by atoms with Crippen molar-refractivity contribution in [1.29, 1.82) is 0 Å². The fraction of sp³-hybridized carbons (Fsp3) is 0.542. The van der Waals surface area contributed by atoms with E-state index in [1.165, 1.54) is 0 Å². The molecule has 0 saturated carbocycles. The van der Waals surface area contributed by atoms with Gasteiger partial charge in [-0.3, -0.25) is 4.79 Å². The number of likely N-dealkylation sites (tertiary alicyclic amines) is 2. The fourth-order valence-corrected chi connectivity index (χ4v) is 5.60. The van der Waals surface area contributed by atoms with Crippen molar-refractivity contribution >= 4 is 17.8 Å². The number of fused-ring (bicyclic) bond motifs is 1. The molecule has 4 aliphatic heterocycles. The van der Waals surface area contributed by atoms with E-state index in [-0.39, 0.29) is 35.9 Å². The van der Waals surface area contributed by atoms with Gasteiger partial charge in [-0.25, -0.2) is 9.59 Å². The summed E-state index contributed by atoms with van der Waals surface area (Å²) in [4.78, 5) is 40.9. The molecule has 8 heteroatoms. The van der Waals surface area contributed by atoms with E-state index < -0.39 is 0 Å². The predicted octanol–water partition coefficient (Wildman–Crippen LogP) is 1.81. The van der Waals surface area contributed by atoms with Crippen LogP contribution in [-0.2, 0) is 25.7 Å². The smallest absolute Gasteiger partial charge is 0.338 e. The normalized spacial score (nSPS) is 23.7. The summed E-state index contributed by atoms with van der Waals surface area (Å²) in [5, 5.41) is 0. The number of benzene rings is 1. The Morgan fingerprint density at radius 1 is 1.00 bits per heavy atom. The molecule has 5 rings (SSSR count). The van der Waals surface area contributed by atoms with E-state index in [0.717, 1.165) is 54.7 Å². The third kappa shape index (κ3) is 3.24. The summed E-state index contributed by atoms with van der Waals surface area (Å²) in [7, 11) is 0. The molecule has 32 heavy (non-hydrogen) atoms. The van der Waals surface area contributed by atoms with Crippen molar-refractivity contribution in [3.8, 4) is 0 Å². The van der Waals surface area contributed by atoms with Crippen molar-refractivity contribution in [1.82, 2.24) is 9.80 Å². The maximum Gasteiger partial charge on any atom is 0.338 e. The molecule has 170 valence electrons. The zero-order valence-electron chi connectivity index (χ0n) is 18.6. The second kappa shape index (κ2) is 7.71. The van der Waals surface area contributed by atoms with E-state index in [1.54, 1.807) is 11.8 Å². The standard InChI is InChI=1S/C24H29N3O5/c1-14-16(3-4-17-18(14)12-31-22(17)29)19(25)11-26-8-5-24(6-9-26)7-10-27(23(24)30)20-13-32-21(28)15(20)2/h3-4,19H,5-13,25H2,1-2H3. The highest BCUT2D eigenvalue weighted by Crippen LogP contribution is 2.44. The Morgan fingerprint density at radius 2 is 1.69 bits per heavy atom. The number of hydrogen-bond acceptors (Lipinski definition) is 7. The van der Waals surface area contributed by atoms with Gasteiger partial charge >= 0.3 is 11.9 Å². The molecule has 1 aromatic rings. The van der Waals surface area contributed by atoms with E-state index in [2.05, 4.69) is 4.90 Å². The van der Waals surface area contributed by atoms with Crippen LogP contribution >= 0.6 is 0 Å². The van der Waals surface area contributed by atoms with Crippen molar-refractivity contribution in [2.24, 2.45) is 11.1 Å². The van der Waals surface area contributed by atoms with Gasteiger partial charge < -0.3 is 25.0 Å². The van der Waals surface area contributed by atoms with Gasteiger partial charge in [0.1, 0.15) is 13.2 Å². The largest absolute Gasteiger partial charge is 0.457 e. The van der Waals surface area contributed by atoms with E-state index in [0.29, 0.717) is 30.8 Å². The first-order valence-corrected chi connectivity index (χ1v) is 11.3. The van der Waals surface area contributed by atoms with Crippen LogP contribution in [0.3, 0.4) is 0 Å². The molecule has 2 saturated heterocycles. The Morgan fingerprint density at radius 3 is 2.38 bits per heavy atom. The fourth-order valence-electron chi connectivity index (χ4n) is 5.60. The SMILES string of the molecule is CC1=C(N2CCC3(CCN(CC(N)c4ccc5c(c4C)COC5=O)CC3)C2=O)COC1=O. The predicted molar refractivity (Wildman–Crippen MR) is 115 cm³/mol. The highest BCUT2D eigenvalue weighted by Gasteiger charge is 2.50. The number of hydrogen-bond donors (Lipinski definition) is 1. The van der Waals surface area contributed by atoms with Gasteiger partial charge in [0.15, 0.2) is 0 Å². The molecule has 1 aromatic carbocycles. The number of cyclic esters (lactones) is 2. The van der Waals surface area contributed by atoms with Gasteiger partial charge in [-0.2, -0.15) is 0 Å². The number of carbonyl (C=O) groups is 3. The molecule has 1 unspecified atom stereocenters. The van der Waals surface area contributed by atoms with Gasteiger partial charge in [0.05, 0.1) is 22.2 Å². The first kappa shape index (κ1) is 21.2. The monoisotopic (exact) mass is 439 g/mol. The molecule has 4 aliphatic rings. The topological polar surface area (TPSA) is 102 Å². The molecule has 1 atom stereocenters. The Kier molecular flexibility index (Phi) is 5.09. The summed E-state index contributed by atoms with van der Waals surface area (Å²) in [6.45, 7) is 7.23. The van der Waals surface area contributed by atoms with Crippen molar-refractivity contribution in [3.05, 3.63) is 45.7 Å². The zero-order chi connectivity index (χ0) is 22.6. The van der Waals surface area contributed by atoms with Crippen molar-refractivity contribution < 1.29 is 23.9 Å². The minimum atomic E-state index is -0.347. The van der Waals surface area contributed by atoms with Crippen LogP contribution in [0.25, 0.3) is 0 Å². The summed E-state index contributed by atoms with van der Waals surface area (Å²) in [6, 6.07) is 3.59. The van der Waals surface area contributed by atoms with Crippen LogP contribution in [0.4, 0.5) is 0 Å². The number of rotatable bonds is 4. The summed E-state index contributed by atoms with van der Waals surface area (Å²) in [5.41, 5.74) is 11.2. The number of carbonyl (C=O) groups excluding carboxylic acids is 3. The van der Waals surface area contributed by atoms with Gasteiger partial charge in [0, 0.05) is 24.7 Å². The Labute approximate surface area is 187 Å². The third-order valence-corrected chi connectivity index (χ3v) is 7.79. The Hall–Kier alpha value is -2.71. The lowest BCUT2D eigenvalue weighted by Crippen LogP contribution is -2.46. The quantitative estimate of drug-likeness (QED) is 0.714. The van der Waals surface area contributed by atoms with Crippen LogP contribution in [0.2, 0.25) is 0 Å². The van der Waals surface area contributed by atoms with Gasteiger partial charge in [-0.15, -0.1) is 0 Å². The minimum absolute atomic E-state index is 0.133. The average Bonchev–Trinajstić information content (AvgIpc) is 3.42. The summed E-state index contributed by atoms with van der Waals surface area (Å²) in [5.74, 6) is -0.456. The number of nitrogens with zero attached hydrogens (tertiary/aromatic N) is 2. The summed E-state index contributed by atoms with van der Waals surface area (Å²) in [6.07, 6.45) is 2.40. The molecule has 1 spiro atoms. The number of piperidine rings is 1. The first-order chi connectivity index (χ1) is 15.3. The second-order valence-corrected chi connectivity index (χ2v) is 9.42. The van der Waals surface area contributed by atoms with Gasteiger partial charge in [-0.1, -0.05) is 6.07 Å². The maximum absolute atomic E-state index is 13.3. The minimum Gasteiger partial charge on any atom is -0.457 e. The van der Waals surface area contributed by atoms with Crippen LogP contribution in [0, 0.1) is 12.3 Å². The lowest BCUT2D eigenvalue weighted by atomic mass is 9.77. The molecule has 0 bridgehead atoms. The lowest BCUT2D eigenvalue weighted by molar-refractivity contribution is -0.138. The third-order valence-electron chi connectivity index (χ3n) is 7.79. The molecule has 2 fully saturated rings. The lowest BCUT2D eigenvalue weighted by Gasteiger charge is -2.39. The van der Waals surface area contributed by atoms with Crippen LogP contribution < -0.4 is 5.73 Å². The molecule has 0 radical (unpaired) electrons. The highest BCUT2D eigenvalue weighted by atomic mass is 16.5. The van der Waals surface area contributed by atoms with Gasteiger partial charge in [0.2, 0.25) is 5.91 Å². The van der Waals surface area contributed by atoms with Crippen LogP contribution in [0.15, 0.2) is 23.4 Å². The van der Waals surface area contributed by atoms with E-state index in [9.17, 15) is 14.4 Å². The van der Waals surface area contributed by atoms with Crippen LogP contribution in [0.5, 0.6) is 0 Å². The molecule has 4 heterocycles. The number of ether oxygens (including phenoxy) is 2. The number of nitrogens with two attached hydrogens (primary N) is 1. The molecule has 8 nitrogen and oxygen atoms in total. The van der Waals surface area contributed by atoms with E-state index in [4.69, 9.17) is 15.2 Å². The van der Waals surface area contributed by atoms with Crippen molar-refractivity contribution in [3.63, 3.8) is 0 Å². The van der Waals surface area contributed by atoms with E-state index >= 15 is 0 Å². The Bertz CT molecular complexity index is 1040. The molecular formula is C24H29N3O5. The van der Waals surface area contributed by atoms with Crippen LogP contribution in [0.1, 0.15) is 59.3 Å². The first-order valence-electron chi connectivity index (χ1n) is 11.3. The van der Waals surface area contributed by atoms with Crippen molar-refractivity contribution in [2.75, 3.05) is 32.8 Å². The average molecular weight is 440 g/mol. The molecule has 0 aromatic heterocycles. The molecule has 0 aliphatic carbocycles. The Balaban J connectivity index is 1.23. The maximum atomic E-state index is 13.3. The van der Waals surface area contributed by atoms with Gasteiger partial charge in [0.25, 0.3) is 0 Å². The number of esters is 2. The van der Waals surface area contributed by atoms with Crippen LogP contribution in [-0.4, -0.2) is 60.4 Å². The molecule has 2 N–H and O–H groups in total. The summed E-state index contributed by atoms with van der Waals surface area (Å²) >= 11 is 0. The molecular weight excluding hydrogens is 410 g/mol. The van der Waals surface area contributed by atoms with E-state index in [1.807, 2.05) is 19.1 Å². The second-order valence-electron chi connectivity index (χ2n) is 9.42. The van der Waals surface area contributed by atoms with Crippen molar-refractivity contribution in [2.45, 2.75) is 45.8 Å². The summed E-state index contributed by atoms with van der Waals surface area (Å²) < 4.78 is 10.3.